The molecule has 0 aliphatic heterocycles. The summed E-state index contributed by atoms with van der Waals surface area (Å²) in [5.41, 5.74) is 0.556. The van der Waals surface area contributed by atoms with Gasteiger partial charge in [0, 0.05) is 6.54 Å². The third kappa shape index (κ3) is 4.15. The van der Waals surface area contributed by atoms with Crippen LogP contribution in [-0.4, -0.2) is 13.7 Å². The molecule has 0 aliphatic rings. The van der Waals surface area contributed by atoms with Gasteiger partial charge in [0.2, 0.25) is 0 Å². The molecule has 0 radical (unpaired) electrons. The van der Waals surface area contributed by atoms with Crippen molar-refractivity contribution >= 4 is 0 Å². The van der Waals surface area contributed by atoms with Gasteiger partial charge in [-0.1, -0.05) is 6.08 Å². The van der Waals surface area contributed by atoms with Crippen LogP contribution >= 0.6 is 0 Å². The highest BCUT2D eigenvalue weighted by atomic mass is 19.1. The van der Waals surface area contributed by atoms with Crippen LogP contribution in [0.15, 0.2) is 24.8 Å². The maximum absolute atomic E-state index is 13.5. The fourth-order valence-electron chi connectivity index (χ4n) is 1.46. The third-order valence-electron chi connectivity index (χ3n) is 2.24. The molecule has 0 fully saturated rings. The van der Waals surface area contributed by atoms with Gasteiger partial charge in [0.05, 0.1) is 6.61 Å². The Kier molecular flexibility index (Phi) is 5.63. The highest BCUT2D eigenvalue weighted by Crippen LogP contribution is 2.23. The van der Waals surface area contributed by atoms with Crippen molar-refractivity contribution in [2.45, 2.75) is 19.4 Å². The number of unbranched alkanes of at least 4 members (excludes halogenated alkanes) is 1. The summed E-state index contributed by atoms with van der Waals surface area (Å²) < 4.78 is 32.1. The number of allylic oxidation sites excluding steroid dienone is 1. The molecule has 1 aromatic rings. The molecule has 0 amide bonds. The largest absolute Gasteiger partial charge is 0.488 e. The summed E-state index contributed by atoms with van der Waals surface area (Å²) in [5.74, 6) is -1.61. The predicted octanol–water partition coefficient (Wildman–Crippen LogP) is 3.03. The quantitative estimate of drug-likeness (QED) is 0.585. The Morgan fingerprint density at radius 1 is 1.35 bits per heavy atom. The lowest BCUT2D eigenvalue weighted by atomic mass is 10.2. The van der Waals surface area contributed by atoms with E-state index in [-0.39, 0.29) is 12.4 Å². The van der Waals surface area contributed by atoms with E-state index in [9.17, 15) is 8.78 Å². The van der Waals surface area contributed by atoms with Crippen LogP contribution in [-0.2, 0) is 6.54 Å². The summed E-state index contributed by atoms with van der Waals surface area (Å²) in [7, 11) is 1.72. The third-order valence-corrected chi connectivity index (χ3v) is 2.24. The summed E-state index contributed by atoms with van der Waals surface area (Å²) >= 11 is 0. The van der Waals surface area contributed by atoms with Crippen molar-refractivity contribution in [1.82, 2.24) is 5.32 Å². The van der Waals surface area contributed by atoms with Gasteiger partial charge in [0.25, 0.3) is 0 Å². The molecule has 2 nitrogen and oxygen atoms in total. The highest BCUT2D eigenvalue weighted by molar-refractivity contribution is 5.31. The smallest absolute Gasteiger partial charge is 0.190 e. The first-order valence-corrected chi connectivity index (χ1v) is 5.55. The van der Waals surface area contributed by atoms with Gasteiger partial charge in [0.15, 0.2) is 17.4 Å². The van der Waals surface area contributed by atoms with Gasteiger partial charge in [-0.15, -0.1) is 6.58 Å². The first kappa shape index (κ1) is 13.6. The Morgan fingerprint density at radius 3 is 2.53 bits per heavy atom. The number of hydrogen-bond acceptors (Lipinski definition) is 2. The first-order valence-electron chi connectivity index (χ1n) is 5.55. The van der Waals surface area contributed by atoms with E-state index in [2.05, 4.69) is 11.9 Å². The van der Waals surface area contributed by atoms with Crippen molar-refractivity contribution in [3.05, 3.63) is 42.0 Å². The van der Waals surface area contributed by atoms with Gasteiger partial charge in [-0.25, -0.2) is 8.78 Å². The molecule has 0 spiro atoms. The van der Waals surface area contributed by atoms with Crippen LogP contribution < -0.4 is 10.1 Å². The molecule has 0 unspecified atom stereocenters. The second-order valence-electron chi connectivity index (χ2n) is 3.70. The van der Waals surface area contributed by atoms with Gasteiger partial charge in [0.1, 0.15) is 0 Å². The number of hydrogen-bond donors (Lipinski definition) is 1. The van der Waals surface area contributed by atoms with Crippen molar-refractivity contribution in [2.24, 2.45) is 0 Å². The van der Waals surface area contributed by atoms with Crippen LogP contribution in [0, 0.1) is 11.6 Å². The van der Waals surface area contributed by atoms with Crippen LogP contribution in [0.5, 0.6) is 5.75 Å². The predicted molar refractivity (Wildman–Crippen MR) is 64.0 cm³/mol. The Hall–Kier alpha value is -1.42. The average Bonchev–Trinajstić information content (AvgIpc) is 2.27. The lowest BCUT2D eigenvalue weighted by Crippen LogP contribution is -2.07. The molecule has 0 atom stereocenters. The van der Waals surface area contributed by atoms with Crippen LogP contribution in [0.25, 0.3) is 0 Å². The Morgan fingerprint density at radius 2 is 2.00 bits per heavy atom. The van der Waals surface area contributed by atoms with Crippen molar-refractivity contribution < 1.29 is 13.5 Å². The van der Waals surface area contributed by atoms with Gasteiger partial charge >= 0.3 is 0 Å². The Balaban J connectivity index is 2.68. The molecule has 1 N–H and O–H groups in total. The van der Waals surface area contributed by atoms with Gasteiger partial charge < -0.3 is 10.1 Å². The van der Waals surface area contributed by atoms with E-state index in [4.69, 9.17) is 4.74 Å². The number of ether oxygens (including phenoxy) is 1. The second-order valence-corrected chi connectivity index (χ2v) is 3.70. The minimum absolute atomic E-state index is 0.283. The van der Waals surface area contributed by atoms with E-state index >= 15 is 0 Å². The molecule has 0 saturated carbocycles. The normalized spacial score (nSPS) is 10.3. The van der Waals surface area contributed by atoms with Crippen molar-refractivity contribution in [2.75, 3.05) is 13.7 Å². The second kappa shape index (κ2) is 7.01. The molecule has 1 rings (SSSR count). The first-order chi connectivity index (χ1) is 8.19. The van der Waals surface area contributed by atoms with E-state index in [1.807, 2.05) is 0 Å². The monoisotopic (exact) mass is 241 g/mol. The standard InChI is InChI=1S/C13H17F2NO/c1-3-4-5-6-17-13-11(14)7-10(9-16-2)8-12(13)15/h3,7-8,16H,1,4-6,9H2,2H3. The summed E-state index contributed by atoms with van der Waals surface area (Å²) in [6, 6.07) is 2.56. The van der Waals surface area contributed by atoms with Crippen molar-refractivity contribution in [3.8, 4) is 5.75 Å². The molecule has 94 valence electrons. The maximum Gasteiger partial charge on any atom is 0.190 e. The average molecular weight is 241 g/mol. The summed E-state index contributed by atoms with van der Waals surface area (Å²) in [6.45, 7) is 4.27. The Bertz CT molecular complexity index is 357. The zero-order valence-corrected chi connectivity index (χ0v) is 9.93. The van der Waals surface area contributed by atoms with Crippen LogP contribution in [0.2, 0.25) is 0 Å². The van der Waals surface area contributed by atoms with Crippen LogP contribution in [0.1, 0.15) is 18.4 Å². The number of rotatable bonds is 7. The topological polar surface area (TPSA) is 21.3 Å². The summed E-state index contributed by atoms with van der Waals surface area (Å²) in [6.07, 6.45) is 3.20. The van der Waals surface area contributed by atoms with Gasteiger partial charge in [-0.3, -0.25) is 0 Å². The number of halogens is 2. The number of nitrogens with one attached hydrogen (secondary N) is 1. The molecule has 0 bridgehead atoms. The maximum atomic E-state index is 13.5. The SMILES string of the molecule is C=CCCCOc1c(F)cc(CNC)cc1F. The molecule has 0 aliphatic carbocycles. The molecule has 1 aromatic carbocycles. The fourth-order valence-corrected chi connectivity index (χ4v) is 1.46. The fraction of sp³-hybridized carbons (Fsp3) is 0.385. The molecular weight excluding hydrogens is 224 g/mol. The van der Waals surface area contributed by atoms with E-state index < -0.39 is 11.6 Å². The number of benzene rings is 1. The van der Waals surface area contributed by atoms with E-state index in [0.29, 0.717) is 18.5 Å². The molecular formula is C13H17F2NO. The lowest BCUT2D eigenvalue weighted by molar-refractivity contribution is 0.280. The van der Waals surface area contributed by atoms with Gasteiger partial charge in [-0.2, -0.15) is 0 Å². The molecule has 0 saturated heterocycles. The Labute approximate surface area is 100 Å². The van der Waals surface area contributed by atoms with E-state index in [1.165, 1.54) is 12.1 Å². The van der Waals surface area contributed by atoms with E-state index in [1.54, 1.807) is 13.1 Å². The van der Waals surface area contributed by atoms with Crippen molar-refractivity contribution in [3.63, 3.8) is 0 Å². The molecule has 4 heteroatoms. The zero-order valence-electron chi connectivity index (χ0n) is 9.93. The molecule has 0 aromatic heterocycles. The summed E-state index contributed by atoms with van der Waals surface area (Å²) in [4.78, 5) is 0. The molecule has 0 heterocycles. The van der Waals surface area contributed by atoms with E-state index in [0.717, 1.165) is 6.42 Å². The summed E-state index contributed by atoms with van der Waals surface area (Å²) in [5, 5.41) is 2.83. The minimum atomic E-state index is -0.658. The van der Waals surface area contributed by atoms with Crippen LogP contribution in [0.3, 0.4) is 0 Å². The van der Waals surface area contributed by atoms with Crippen LogP contribution in [0.4, 0.5) is 8.78 Å². The highest BCUT2D eigenvalue weighted by Gasteiger charge is 2.12. The van der Waals surface area contributed by atoms with Crippen molar-refractivity contribution in [1.29, 1.82) is 0 Å². The lowest BCUT2D eigenvalue weighted by Gasteiger charge is -2.09. The molecule has 17 heavy (non-hydrogen) atoms. The van der Waals surface area contributed by atoms with Gasteiger partial charge in [-0.05, 0) is 37.6 Å². The minimum Gasteiger partial charge on any atom is -0.488 e. The zero-order chi connectivity index (χ0) is 12.7.